The van der Waals surface area contributed by atoms with Gasteiger partial charge in [0.15, 0.2) is 0 Å². The molecule has 5 nitrogen and oxygen atoms in total. The van der Waals surface area contributed by atoms with Crippen molar-refractivity contribution in [3.8, 4) is 0 Å². The lowest BCUT2D eigenvalue weighted by molar-refractivity contribution is 0.197. The molecule has 8 heteroatoms. The molecule has 0 aromatic rings. The van der Waals surface area contributed by atoms with E-state index in [4.69, 9.17) is 0 Å². The lowest BCUT2D eigenvalue weighted by atomic mass is 9.78. The number of nitrogens with zero attached hydrogens (tertiary/aromatic N) is 2. The van der Waals surface area contributed by atoms with Crippen LogP contribution in [0.5, 0.6) is 0 Å². The van der Waals surface area contributed by atoms with Crippen LogP contribution in [0.2, 0.25) is 0 Å². The van der Waals surface area contributed by atoms with Gasteiger partial charge >= 0.3 is 0 Å². The molecule has 0 bridgehead atoms. The van der Waals surface area contributed by atoms with Crippen LogP contribution in [0.15, 0.2) is 0 Å². The number of nitrogens with one attached hydrogen (secondary N) is 1. The van der Waals surface area contributed by atoms with Crippen LogP contribution >= 0.6 is 24.8 Å². The second-order valence-electron chi connectivity index (χ2n) is 6.23. The van der Waals surface area contributed by atoms with Gasteiger partial charge in [0.05, 0.1) is 5.75 Å². The first-order valence-corrected chi connectivity index (χ1v) is 8.88. The van der Waals surface area contributed by atoms with Gasteiger partial charge in [-0.1, -0.05) is 0 Å². The second-order valence-corrected chi connectivity index (χ2v) is 8.53. The van der Waals surface area contributed by atoms with Crippen LogP contribution in [0.4, 0.5) is 0 Å². The van der Waals surface area contributed by atoms with Gasteiger partial charge in [0, 0.05) is 20.6 Å². The Balaban J connectivity index is 0.00000200. The highest BCUT2D eigenvalue weighted by Gasteiger charge is 2.38. The van der Waals surface area contributed by atoms with Gasteiger partial charge in [0.1, 0.15) is 0 Å². The van der Waals surface area contributed by atoms with Gasteiger partial charge in [-0.3, -0.25) is 0 Å². The summed E-state index contributed by atoms with van der Waals surface area (Å²) in [6, 6.07) is 0. The van der Waals surface area contributed by atoms with E-state index in [1.807, 2.05) is 0 Å². The molecule has 128 valence electrons. The number of halogens is 2. The third-order valence-corrected chi connectivity index (χ3v) is 6.53. The van der Waals surface area contributed by atoms with Crippen LogP contribution in [0.3, 0.4) is 0 Å². The molecule has 2 aliphatic heterocycles. The average Bonchev–Trinajstić information content (AvgIpc) is 2.73. The Kier molecular flexibility index (Phi) is 9.06. The van der Waals surface area contributed by atoms with Crippen LogP contribution in [-0.4, -0.2) is 70.2 Å². The van der Waals surface area contributed by atoms with E-state index in [0.29, 0.717) is 5.41 Å². The van der Waals surface area contributed by atoms with E-state index >= 15 is 0 Å². The Morgan fingerprint density at radius 3 is 2.33 bits per heavy atom. The maximum atomic E-state index is 11.7. The van der Waals surface area contributed by atoms with Gasteiger partial charge in [-0.15, -0.1) is 24.8 Å². The minimum atomic E-state index is -3.03. The number of piperidine rings is 1. The molecular formula is C13H29Cl2N3O2S. The van der Waals surface area contributed by atoms with Gasteiger partial charge < -0.3 is 10.2 Å². The maximum Gasteiger partial charge on any atom is 0.213 e. The molecule has 21 heavy (non-hydrogen) atoms. The summed E-state index contributed by atoms with van der Waals surface area (Å²) in [5.74, 6) is 0.269. The smallest absolute Gasteiger partial charge is 0.213 e. The van der Waals surface area contributed by atoms with Crippen molar-refractivity contribution in [2.45, 2.75) is 25.7 Å². The first-order valence-electron chi connectivity index (χ1n) is 7.27. The van der Waals surface area contributed by atoms with E-state index in [9.17, 15) is 8.42 Å². The van der Waals surface area contributed by atoms with Gasteiger partial charge in [-0.05, 0) is 57.3 Å². The van der Waals surface area contributed by atoms with Crippen LogP contribution in [-0.2, 0) is 10.0 Å². The van der Waals surface area contributed by atoms with E-state index in [1.54, 1.807) is 14.1 Å². The molecule has 0 aliphatic carbocycles. The molecule has 2 rings (SSSR count). The molecule has 1 N–H and O–H groups in total. The molecule has 0 unspecified atom stereocenters. The van der Waals surface area contributed by atoms with Gasteiger partial charge in [-0.25, -0.2) is 12.7 Å². The third kappa shape index (κ3) is 5.84. The quantitative estimate of drug-likeness (QED) is 0.798. The van der Waals surface area contributed by atoms with E-state index in [-0.39, 0.29) is 30.6 Å². The fourth-order valence-corrected chi connectivity index (χ4v) is 4.10. The minimum Gasteiger partial charge on any atom is -0.317 e. The summed E-state index contributed by atoms with van der Waals surface area (Å²) in [6.45, 7) is 5.51. The molecule has 2 heterocycles. The molecule has 2 saturated heterocycles. The monoisotopic (exact) mass is 361 g/mol. The molecule has 2 fully saturated rings. The van der Waals surface area contributed by atoms with Crippen molar-refractivity contribution in [2.24, 2.45) is 5.41 Å². The molecule has 0 saturated carbocycles. The first kappa shape index (κ1) is 21.4. The molecular weight excluding hydrogens is 333 g/mol. The number of rotatable bonds is 5. The van der Waals surface area contributed by atoms with Crippen LogP contribution < -0.4 is 5.32 Å². The molecule has 0 aromatic heterocycles. The third-order valence-electron chi connectivity index (χ3n) is 4.61. The maximum absolute atomic E-state index is 11.7. The Labute approximate surface area is 141 Å². The van der Waals surface area contributed by atoms with Crippen LogP contribution in [0.25, 0.3) is 0 Å². The summed E-state index contributed by atoms with van der Waals surface area (Å²) >= 11 is 0. The zero-order chi connectivity index (χ0) is 13.9. The van der Waals surface area contributed by atoms with Gasteiger partial charge in [0.2, 0.25) is 10.0 Å². The number of hydrogen-bond donors (Lipinski definition) is 1. The second kappa shape index (κ2) is 8.89. The van der Waals surface area contributed by atoms with Crippen molar-refractivity contribution < 1.29 is 8.42 Å². The van der Waals surface area contributed by atoms with Gasteiger partial charge in [-0.2, -0.15) is 0 Å². The van der Waals surface area contributed by atoms with E-state index in [1.165, 1.54) is 23.6 Å². The Bertz CT molecular complexity index is 398. The SMILES string of the molecule is CN(C)S(=O)(=O)CCCN1CCC2(CCNCC2)C1.Cl.Cl. The molecule has 0 radical (unpaired) electrons. The number of sulfonamides is 1. The zero-order valence-corrected chi connectivity index (χ0v) is 15.5. The predicted molar refractivity (Wildman–Crippen MR) is 92.2 cm³/mol. The summed E-state index contributed by atoms with van der Waals surface area (Å²) in [5, 5.41) is 3.42. The average molecular weight is 362 g/mol. The number of hydrogen-bond acceptors (Lipinski definition) is 4. The summed E-state index contributed by atoms with van der Waals surface area (Å²) in [6.07, 6.45) is 4.59. The van der Waals surface area contributed by atoms with Crippen LogP contribution in [0, 0.1) is 5.41 Å². The summed E-state index contributed by atoms with van der Waals surface area (Å²) in [5.41, 5.74) is 0.520. The first-order chi connectivity index (χ1) is 8.94. The van der Waals surface area contributed by atoms with E-state index in [0.717, 1.165) is 39.1 Å². The fourth-order valence-electron chi connectivity index (χ4n) is 3.24. The van der Waals surface area contributed by atoms with Crippen molar-refractivity contribution in [1.29, 1.82) is 0 Å². The molecule has 2 aliphatic rings. The highest BCUT2D eigenvalue weighted by Crippen LogP contribution is 2.38. The van der Waals surface area contributed by atoms with Gasteiger partial charge in [0.25, 0.3) is 0 Å². The van der Waals surface area contributed by atoms with Crippen molar-refractivity contribution in [1.82, 2.24) is 14.5 Å². The normalized spacial score (nSPS) is 22.0. The summed E-state index contributed by atoms with van der Waals surface area (Å²) in [4.78, 5) is 2.45. The fraction of sp³-hybridized carbons (Fsp3) is 1.00. The highest BCUT2D eigenvalue weighted by molar-refractivity contribution is 7.89. The minimum absolute atomic E-state index is 0. The largest absolute Gasteiger partial charge is 0.317 e. The standard InChI is InChI=1S/C13H27N3O2S.2ClH/c1-15(2)19(17,18)11-3-9-16-10-6-13(12-16)4-7-14-8-5-13;;/h14H,3-12H2,1-2H3;2*1H. The topological polar surface area (TPSA) is 52.7 Å². The molecule has 0 aromatic carbocycles. The summed E-state index contributed by atoms with van der Waals surface area (Å²) in [7, 11) is 0.186. The zero-order valence-electron chi connectivity index (χ0n) is 13.0. The molecule has 1 spiro atoms. The molecule has 0 amide bonds. The number of likely N-dealkylation sites (tertiary alicyclic amines) is 1. The predicted octanol–water partition coefficient (Wildman–Crippen LogP) is 1.19. The Morgan fingerprint density at radius 2 is 1.76 bits per heavy atom. The van der Waals surface area contributed by atoms with Crippen LogP contribution in [0.1, 0.15) is 25.7 Å². The Hall–Kier alpha value is 0.410. The van der Waals surface area contributed by atoms with Crippen molar-refractivity contribution in [3.05, 3.63) is 0 Å². The van der Waals surface area contributed by atoms with E-state index < -0.39 is 10.0 Å². The van der Waals surface area contributed by atoms with Crippen molar-refractivity contribution in [3.63, 3.8) is 0 Å². The molecule has 0 atom stereocenters. The van der Waals surface area contributed by atoms with Crippen molar-refractivity contribution >= 4 is 34.8 Å². The summed E-state index contributed by atoms with van der Waals surface area (Å²) < 4.78 is 24.7. The van der Waals surface area contributed by atoms with Crippen molar-refractivity contribution in [2.75, 3.05) is 52.6 Å². The Morgan fingerprint density at radius 1 is 1.14 bits per heavy atom. The van der Waals surface area contributed by atoms with E-state index in [2.05, 4.69) is 10.2 Å². The lowest BCUT2D eigenvalue weighted by Crippen LogP contribution is -2.39. The highest BCUT2D eigenvalue weighted by atomic mass is 35.5. The lowest BCUT2D eigenvalue weighted by Gasteiger charge is -2.33.